The third-order valence-electron chi connectivity index (χ3n) is 4.55. The summed E-state index contributed by atoms with van der Waals surface area (Å²) in [4.78, 5) is 0. The average molecular weight is 219 g/mol. The molecule has 2 aliphatic rings. The summed E-state index contributed by atoms with van der Waals surface area (Å²) >= 11 is 0. The Hall–Kier alpha value is -0.830. The molecule has 2 heterocycles. The van der Waals surface area contributed by atoms with E-state index in [9.17, 15) is 0 Å². The van der Waals surface area contributed by atoms with Crippen LogP contribution in [0.4, 0.5) is 0 Å². The van der Waals surface area contributed by atoms with Crippen molar-refractivity contribution in [2.45, 2.75) is 50.0 Å². The zero-order valence-corrected chi connectivity index (χ0v) is 10.1. The molecule has 1 N–H and O–H groups in total. The van der Waals surface area contributed by atoms with E-state index in [4.69, 9.17) is 0 Å². The summed E-state index contributed by atoms with van der Waals surface area (Å²) in [5.41, 5.74) is 1.83. The first-order valence-corrected chi connectivity index (χ1v) is 6.55. The quantitative estimate of drug-likeness (QED) is 0.824. The average Bonchev–Trinajstić information content (AvgIpc) is 2.97. The topological polar surface area (TPSA) is 29.9 Å². The van der Waals surface area contributed by atoms with Gasteiger partial charge in [-0.15, -0.1) is 0 Å². The van der Waals surface area contributed by atoms with Gasteiger partial charge in [0.1, 0.15) is 0 Å². The molecule has 88 valence electrons. The maximum atomic E-state index is 4.37. The molecule has 1 unspecified atom stereocenters. The van der Waals surface area contributed by atoms with E-state index < -0.39 is 0 Å². The molecule has 2 fully saturated rings. The van der Waals surface area contributed by atoms with Crippen LogP contribution in [0.25, 0.3) is 0 Å². The fraction of sp³-hybridized carbons (Fsp3) is 0.769. The van der Waals surface area contributed by atoms with E-state index in [0.29, 0.717) is 11.5 Å². The predicted octanol–water partition coefficient (Wildman–Crippen LogP) is 1.98. The monoisotopic (exact) mass is 219 g/mol. The first-order chi connectivity index (χ1) is 7.83. The molecule has 1 saturated carbocycles. The molecule has 3 rings (SSSR count). The minimum atomic E-state index is 0.377. The summed E-state index contributed by atoms with van der Waals surface area (Å²) in [7, 11) is 2.09. The second-order valence-corrected chi connectivity index (χ2v) is 5.35. The van der Waals surface area contributed by atoms with Crippen molar-refractivity contribution in [1.29, 1.82) is 0 Å². The molecule has 0 bridgehead atoms. The minimum Gasteiger partial charge on any atom is -0.313 e. The number of nitrogens with zero attached hydrogens (tertiary/aromatic N) is 2. The van der Waals surface area contributed by atoms with Gasteiger partial charge in [-0.1, -0.05) is 12.8 Å². The highest BCUT2D eigenvalue weighted by Gasteiger charge is 2.45. The van der Waals surface area contributed by atoms with Crippen molar-refractivity contribution in [3.05, 3.63) is 18.0 Å². The summed E-state index contributed by atoms with van der Waals surface area (Å²) in [6, 6.07) is 2.91. The SMILES string of the molecule is Cn1nccc1C1(C2CCCN2)CCCC1. The van der Waals surface area contributed by atoms with Crippen molar-refractivity contribution in [2.75, 3.05) is 6.54 Å². The van der Waals surface area contributed by atoms with Crippen LogP contribution in [0.3, 0.4) is 0 Å². The third-order valence-corrected chi connectivity index (χ3v) is 4.55. The van der Waals surface area contributed by atoms with Crippen LogP contribution in [0.1, 0.15) is 44.2 Å². The normalized spacial score (nSPS) is 28.7. The van der Waals surface area contributed by atoms with Crippen molar-refractivity contribution < 1.29 is 0 Å². The highest BCUT2D eigenvalue weighted by molar-refractivity contribution is 5.22. The first kappa shape index (κ1) is 10.3. The minimum absolute atomic E-state index is 0.377. The van der Waals surface area contributed by atoms with Gasteiger partial charge in [0.15, 0.2) is 0 Å². The largest absolute Gasteiger partial charge is 0.313 e. The second kappa shape index (κ2) is 3.88. The molecule has 3 heteroatoms. The number of rotatable bonds is 2. The Morgan fingerprint density at radius 1 is 1.38 bits per heavy atom. The maximum Gasteiger partial charge on any atom is 0.0492 e. The van der Waals surface area contributed by atoms with Crippen LogP contribution in [-0.2, 0) is 12.5 Å². The number of hydrogen-bond acceptors (Lipinski definition) is 2. The van der Waals surface area contributed by atoms with Crippen LogP contribution in [0, 0.1) is 0 Å². The molecule has 3 nitrogen and oxygen atoms in total. The van der Waals surface area contributed by atoms with Crippen molar-refractivity contribution in [1.82, 2.24) is 15.1 Å². The first-order valence-electron chi connectivity index (χ1n) is 6.55. The van der Waals surface area contributed by atoms with E-state index in [1.165, 1.54) is 50.8 Å². The lowest BCUT2D eigenvalue weighted by molar-refractivity contribution is 0.304. The fourth-order valence-electron chi connectivity index (χ4n) is 3.81. The van der Waals surface area contributed by atoms with Gasteiger partial charge >= 0.3 is 0 Å². The van der Waals surface area contributed by atoms with Crippen molar-refractivity contribution in [2.24, 2.45) is 7.05 Å². The molecule has 1 saturated heterocycles. The number of nitrogens with one attached hydrogen (secondary N) is 1. The fourth-order valence-corrected chi connectivity index (χ4v) is 3.81. The summed E-state index contributed by atoms with van der Waals surface area (Å²) in [6.45, 7) is 1.20. The Balaban J connectivity index is 1.99. The van der Waals surface area contributed by atoms with Crippen molar-refractivity contribution >= 4 is 0 Å². The Kier molecular flexibility index (Phi) is 2.51. The Bertz CT molecular complexity index is 357. The van der Waals surface area contributed by atoms with E-state index in [-0.39, 0.29) is 0 Å². The van der Waals surface area contributed by atoms with Gasteiger partial charge in [-0.3, -0.25) is 4.68 Å². The van der Waals surface area contributed by atoms with Gasteiger partial charge in [0.05, 0.1) is 0 Å². The van der Waals surface area contributed by atoms with Gasteiger partial charge in [-0.25, -0.2) is 0 Å². The molecular formula is C13H21N3. The van der Waals surface area contributed by atoms with Gasteiger partial charge in [0.25, 0.3) is 0 Å². The lowest BCUT2D eigenvalue weighted by atomic mass is 9.75. The molecular weight excluding hydrogens is 198 g/mol. The van der Waals surface area contributed by atoms with E-state index in [2.05, 4.69) is 28.2 Å². The molecule has 1 aromatic rings. The molecule has 0 amide bonds. The number of hydrogen-bond donors (Lipinski definition) is 1. The third kappa shape index (κ3) is 1.41. The van der Waals surface area contributed by atoms with Gasteiger partial charge < -0.3 is 5.32 Å². The molecule has 1 aliphatic heterocycles. The summed E-state index contributed by atoms with van der Waals surface area (Å²) < 4.78 is 2.09. The molecule has 0 aromatic carbocycles. The smallest absolute Gasteiger partial charge is 0.0492 e. The van der Waals surface area contributed by atoms with E-state index in [0.717, 1.165) is 0 Å². The molecule has 16 heavy (non-hydrogen) atoms. The van der Waals surface area contributed by atoms with Crippen LogP contribution in [0.2, 0.25) is 0 Å². The Labute approximate surface area is 97.2 Å². The highest BCUT2D eigenvalue weighted by Crippen LogP contribution is 2.45. The van der Waals surface area contributed by atoms with Gasteiger partial charge in [0, 0.05) is 30.4 Å². The van der Waals surface area contributed by atoms with Gasteiger partial charge in [-0.2, -0.15) is 5.10 Å². The highest BCUT2D eigenvalue weighted by atomic mass is 15.3. The van der Waals surface area contributed by atoms with Crippen LogP contribution in [0.15, 0.2) is 12.3 Å². The van der Waals surface area contributed by atoms with Crippen molar-refractivity contribution in [3.8, 4) is 0 Å². The number of aryl methyl sites for hydroxylation is 1. The second-order valence-electron chi connectivity index (χ2n) is 5.35. The van der Waals surface area contributed by atoms with Gasteiger partial charge in [-0.05, 0) is 38.3 Å². The van der Waals surface area contributed by atoms with E-state index in [1.54, 1.807) is 0 Å². The zero-order chi connectivity index (χ0) is 11.0. The van der Waals surface area contributed by atoms with Gasteiger partial charge in [0.2, 0.25) is 0 Å². The Morgan fingerprint density at radius 2 is 2.19 bits per heavy atom. The van der Waals surface area contributed by atoms with Crippen molar-refractivity contribution in [3.63, 3.8) is 0 Å². The molecule has 1 aliphatic carbocycles. The Morgan fingerprint density at radius 3 is 2.75 bits per heavy atom. The lowest BCUT2D eigenvalue weighted by Gasteiger charge is -2.35. The van der Waals surface area contributed by atoms with E-state index >= 15 is 0 Å². The van der Waals surface area contributed by atoms with Crippen LogP contribution < -0.4 is 5.32 Å². The zero-order valence-electron chi connectivity index (χ0n) is 10.1. The standard InChI is InChI=1S/C13H21N3/c1-16-12(6-10-15-16)13(7-2-3-8-13)11-5-4-9-14-11/h6,10-11,14H,2-5,7-9H2,1H3. The molecule has 0 spiro atoms. The summed E-state index contributed by atoms with van der Waals surface area (Å²) in [5.74, 6) is 0. The van der Waals surface area contributed by atoms with E-state index in [1.807, 2.05) is 6.20 Å². The maximum absolute atomic E-state index is 4.37. The molecule has 1 aromatic heterocycles. The predicted molar refractivity (Wildman–Crippen MR) is 64.4 cm³/mol. The summed E-state index contributed by atoms with van der Waals surface area (Å²) in [6.07, 6.45) is 10.1. The lowest BCUT2D eigenvalue weighted by Crippen LogP contribution is -2.44. The summed E-state index contributed by atoms with van der Waals surface area (Å²) in [5, 5.41) is 8.08. The number of aromatic nitrogens is 2. The van der Waals surface area contributed by atoms with Crippen LogP contribution in [0.5, 0.6) is 0 Å². The molecule has 1 atom stereocenters. The van der Waals surface area contributed by atoms with Crippen LogP contribution >= 0.6 is 0 Å². The van der Waals surface area contributed by atoms with Crippen LogP contribution in [-0.4, -0.2) is 22.4 Å². The molecule has 0 radical (unpaired) electrons.